The molecule has 7 heteroatoms. The summed E-state index contributed by atoms with van der Waals surface area (Å²) in [6.07, 6.45) is 2.46. The molecule has 0 spiro atoms. The van der Waals surface area contributed by atoms with E-state index in [1.54, 1.807) is 19.1 Å². The molecule has 6 nitrogen and oxygen atoms in total. The van der Waals surface area contributed by atoms with Gasteiger partial charge in [0.25, 0.3) is 0 Å². The molecule has 0 unspecified atom stereocenters. The summed E-state index contributed by atoms with van der Waals surface area (Å²) in [5, 5.41) is 0. The Morgan fingerprint density at radius 1 is 1.36 bits per heavy atom. The molecule has 1 aromatic rings. The molecule has 1 heterocycles. The van der Waals surface area contributed by atoms with Crippen molar-refractivity contribution < 1.29 is 17.9 Å². The fourth-order valence-corrected chi connectivity index (χ4v) is 3.84. The highest BCUT2D eigenvalue weighted by atomic mass is 32.2. The van der Waals surface area contributed by atoms with Crippen molar-refractivity contribution in [3.63, 3.8) is 0 Å². The summed E-state index contributed by atoms with van der Waals surface area (Å²) < 4.78 is 29.9. The lowest BCUT2D eigenvalue weighted by Crippen LogP contribution is -2.45. The SMILES string of the molecule is COc1ccc(CN(C)C(=O)[C@@H]2CCCN2S(C)(=O)=O)cc1. The van der Waals surface area contributed by atoms with Crippen LogP contribution in [0.25, 0.3) is 0 Å². The zero-order chi connectivity index (χ0) is 16.3. The van der Waals surface area contributed by atoms with Crippen molar-refractivity contribution in [2.24, 2.45) is 0 Å². The maximum absolute atomic E-state index is 12.5. The van der Waals surface area contributed by atoms with Gasteiger partial charge < -0.3 is 9.64 Å². The molecule has 1 atom stereocenters. The Labute approximate surface area is 131 Å². The van der Waals surface area contributed by atoms with E-state index in [1.807, 2.05) is 24.3 Å². The summed E-state index contributed by atoms with van der Waals surface area (Å²) in [7, 11) is -0.0414. The summed E-state index contributed by atoms with van der Waals surface area (Å²) in [5.74, 6) is 0.607. The van der Waals surface area contributed by atoms with Crippen molar-refractivity contribution in [3.8, 4) is 5.75 Å². The van der Waals surface area contributed by atoms with Gasteiger partial charge in [0.15, 0.2) is 0 Å². The summed E-state index contributed by atoms with van der Waals surface area (Å²) in [6, 6.07) is 6.90. The first-order valence-corrected chi connectivity index (χ1v) is 9.02. The Bertz CT molecular complexity index is 627. The monoisotopic (exact) mass is 326 g/mol. The Morgan fingerprint density at radius 2 is 2.00 bits per heavy atom. The van der Waals surface area contributed by atoms with E-state index in [2.05, 4.69) is 0 Å². The lowest BCUT2D eigenvalue weighted by Gasteiger charge is -2.26. The Morgan fingerprint density at radius 3 is 2.55 bits per heavy atom. The van der Waals surface area contributed by atoms with Crippen molar-refractivity contribution in [1.82, 2.24) is 9.21 Å². The standard InChI is InChI=1S/C15H22N2O4S/c1-16(11-12-6-8-13(21-2)9-7-12)15(18)14-5-4-10-17(14)22(3,19)20/h6-9,14H,4-5,10-11H2,1-3H3/t14-/m0/s1. The zero-order valence-electron chi connectivity index (χ0n) is 13.2. The van der Waals surface area contributed by atoms with Crippen molar-refractivity contribution in [2.45, 2.75) is 25.4 Å². The molecule has 0 aliphatic carbocycles. The third-order valence-corrected chi connectivity index (χ3v) is 5.16. The fraction of sp³-hybridized carbons (Fsp3) is 0.533. The van der Waals surface area contributed by atoms with Gasteiger partial charge in [-0.15, -0.1) is 0 Å². The number of sulfonamides is 1. The van der Waals surface area contributed by atoms with E-state index in [9.17, 15) is 13.2 Å². The van der Waals surface area contributed by atoms with Crippen LogP contribution in [0.2, 0.25) is 0 Å². The Kier molecular flexibility index (Phi) is 5.08. The van der Waals surface area contributed by atoms with E-state index in [1.165, 1.54) is 4.31 Å². The number of benzene rings is 1. The van der Waals surface area contributed by atoms with E-state index in [4.69, 9.17) is 4.74 Å². The molecule has 0 aromatic heterocycles. The summed E-state index contributed by atoms with van der Waals surface area (Å²) in [5.41, 5.74) is 0.973. The van der Waals surface area contributed by atoms with Crippen LogP contribution >= 0.6 is 0 Å². The first kappa shape index (κ1) is 16.8. The number of nitrogens with zero attached hydrogens (tertiary/aromatic N) is 2. The van der Waals surface area contributed by atoms with Crippen molar-refractivity contribution >= 4 is 15.9 Å². The van der Waals surface area contributed by atoms with Crippen LogP contribution in [0.1, 0.15) is 18.4 Å². The van der Waals surface area contributed by atoms with Gasteiger partial charge in [0.2, 0.25) is 15.9 Å². The van der Waals surface area contributed by atoms with Crippen molar-refractivity contribution in [2.75, 3.05) is 27.0 Å². The van der Waals surface area contributed by atoms with Crippen LogP contribution in [0, 0.1) is 0 Å². The predicted octanol–water partition coefficient (Wildman–Crippen LogP) is 1.08. The second-order valence-corrected chi connectivity index (χ2v) is 7.51. The van der Waals surface area contributed by atoms with E-state index >= 15 is 0 Å². The molecular weight excluding hydrogens is 304 g/mol. The molecule has 0 saturated carbocycles. The summed E-state index contributed by atoms with van der Waals surface area (Å²) >= 11 is 0. The largest absolute Gasteiger partial charge is 0.497 e. The second kappa shape index (κ2) is 6.66. The predicted molar refractivity (Wildman–Crippen MR) is 84.0 cm³/mol. The molecule has 122 valence electrons. The average molecular weight is 326 g/mol. The molecule has 2 rings (SSSR count). The number of carbonyl (C=O) groups is 1. The molecule has 0 bridgehead atoms. The Hall–Kier alpha value is -1.60. The molecule has 1 amide bonds. The lowest BCUT2D eigenvalue weighted by atomic mass is 10.1. The van der Waals surface area contributed by atoms with Gasteiger partial charge in [-0.25, -0.2) is 8.42 Å². The normalized spacial score (nSPS) is 19.1. The van der Waals surface area contributed by atoms with Gasteiger partial charge in [-0.3, -0.25) is 4.79 Å². The highest BCUT2D eigenvalue weighted by molar-refractivity contribution is 7.88. The van der Waals surface area contributed by atoms with E-state index in [0.29, 0.717) is 19.5 Å². The van der Waals surface area contributed by atoms with Gasteiger partial charge in [-0.1, -0.05) is 12.1 Å². The first-order valence-electron chi connectivity index (χ1n) is 7.17. The fourth-order valence-electron chi connectivity index (χ4n) is 2.72. The van der Waals surface area contributed by atoms with Gasteiger partial charge in [-0.05, 0) is 30.5 Å². The van der Waals surface area contributed by atoms with E-state index in [0.717, 1.165) is 24.0 Å². The lowest BCUT2D eigenvalue weighted by molar-refractivity contribution is -0.133. The molecule has 1 aliphatic heterocycles. The molecule has 22 heavy (non-hydrogen) atoms. The van der Waals surface area contributed by atoms with Gasteiger partial charge >= 0.3 is 0 Å². The number of hydrogen-bond donors (Lipinski definition) is 0. The molecule has 0 radical (unpaired) electrons. The molecule has 0 N–H and O–H groups in total. The smallest absolute Gasteiger partial charge is 0.241 e. The van der Waals surface area contributed by atoms with Gasteiger partial charge in [-0.2, -0.15) is 4.31 Å². The molecule has 1 aromatic carbocycles. The molecule has 1 fully saturated rings. The van der Waals surface area contributed by atoms with Crippen molar-refractivity contribution in [1.29, 1.82) is 0 Å². The minimum Gasteiger partial charge on any atom is -0.497 e. The van der Waals surface area contributed by atoms with Crippen LogP contribution in [-0.2, 0) is 21.4 Å². The zero-order valence-corrected chi connectivity index (χ0v) is 14.0. The number of hydrogen-bond acceptors (Lipinski definition) is 4. The number of methoxy groups -OCH3 is 1. The van der Waals surface area contributed by atoms with Gasteiger partial charge in [0.05, 0.1) is 13.4 Å². The van der Waals surface area contributed by atoms with Crippen LogP contribution in [-0.4, -0.2) is 56.5 Å². The van der Waals surface area contributed by atoms with Crippen LogP contribution in [0.3, 0.4) is 0 Å². The van der Waals surface area contributed by atoms with Crippen LogP contribution < -0.4 is 4.74 Å². The first-order chi connectivity index (χ1) is 10.3. The molecule has 1 aliphatic rings. The van der Waals surface area contributed by atoms with Gasteiger partial charge in [0, 0.05) is 20.1 Å². The number of ether oxygens (including phenoxy) is 1. The number of likely N-dealkylation sites (N-methyl/N-ethyl adjacent to an activating group) is 1. The number of amides is 1. The number of carbonyl (C=O) groups excluding carboxylic acids is 1. The van der Waals surface area contributed by atoms with Crippen LogP contribution in [0.4, 0.5) is 0 Å². The van der Waals surface area contributed by atoms with Crippen LogP contribution in [0.5, 0.6) is 5.75 Å². The topological polar surface area (TPSA) is 66.9 Å². The molecular formula is C15H22N2O4S. The Balaban J connectivity index is 2.05. The minimum absolute atomic E-state index is 0.154. The highest BCUT2D eigenvalue weighted by Crippen LogP contribution is 2.22. The summed E-state index contributed by atoms with van der Waals surface area (Å²) in [4.78, 5) is 14.1. The third kappa shape index (κ3) is 3.78. The van der Waals surface area contributed by atoms with E-state index < -0.39 is 16.1 Å². The number of rotatable bonds is 5. The third-order valence-electron chi connectivity index (χ3n) is 3.87. The highest BCUT2D eigenvalue weighted by Gasteiger charge is 2.37. The van der Waals surface area contributed by atoms with E-state index in [-0.39, 0.29) is 5.91 Å². The van der Waals surface area contributed by atoms with Crippen molar-refractivity contribution in [3.05, 3.63) is 29.8 Å². The second-order valence-electron chi connectivity index (χ2n) is 5.57. The maximum Gasteiger partial charge on any atom is 0.241 e. The quantitative estimate of drug-likeness (QED) is 0.812. The maximum atomic E-state index is 12.5. The minimum atomic E-state index is -3.34. The van der Waals surface area contributed by atoms with Crippen LogP contribution in [0.15, 0.2) is 24.3 Å². The molecule has 1 saturated heterocycles. The van der Waals surface area contributed by atoms with Gasteiger partial charge in [0.1, 0.15) is 11.8 Å². The summed E-state index contributed by atoms with van der Waals surface area (Å²) in [6.45, 7) is 0.864. The average Bonchev–Trinajstić information content (AvgIpc) is 2.96.